The number of anilines is 1. The molecule has 3 nitrogen and oxygen atoms in total. The second kappa shape index (κ2) is 4.88. The molecule has 0 radical (unpaired) electrons. The molecule has 0 saturated heterocycles. The highest BCUT2D eigenvalue weighted by atomic mass is 16.2. The number of amides is 1. The summed E-state index contributed by atoms with van der Waals surface area (Å²) < 4.78 is 0. The lowest BCUT2D eigenvalue weighted by molar-refractivity contribution is -0.119. The highest BCUT2D eigenvalue weighted by molar-refractivity contribution is 6.04. The summed E-state index contributed by atoms with van der Waals surface area (Å²) in [5, 5.41) is 3.33. The first-order chi connectivity index (χ1) is 8.19. The third kappa shape index (κ3) is 2.07. The fraction of sp³-hybridized carbons (Fsp3) is 0.500. The van der Waals surface area contributed by atoms with E-state index in [1.807, 2.05) is 7.05 Å². The van der Waals surface area contributed by atoms with E-state index >= 15 is 0 Å². The summed E-state index contributed by atoms with van der Waals surface area (Å²) in [6.07, 6.45) is 2.04. The lowest BCUT2D eigenvalue weighted by atomic mass is 10.0. The zero-order valence-corrected chi connectivity index (χ0v) is 10.8. The third-order valence-electron chi connectivity index (χ3n) is 3.35. The maximum atomic E-state index is 12.1. The minimum absolute atomic E-state index is 0.151. The Morgan fingerprint density at radius 3 is 2.76 bits per heavy atom. The molecule has 1 heterocycles. The van der Waals surface area contributed by atoms with Crippen LogP contribution in [0.5, 0.6) is 0 Å². The number of aryl methyl sites for hydroxylation is 1. The Kier molecular flexibility index (Phi) is 3.48. The largest absolute Gasteiger partial charge is 0.313 e. The highest BCUT2D eigenvalue weighted by Gasteiger charge is 2.34. The molecule has 0 aliphatic carbocycles. The monoisotopic (exact) mass is 232 g/mol. The quantitative estimate of drug-likeness (QED) is 0.863. The van der Waals surface area contributed by atoms with Crippen molar-refractivity contribution in [3.8, 4) is 0 Å². The fourth-order valence-corrected chi connectivity index (χ4v) is 2.29. The van der Waals surface area contributed by atoms with Gasteiger partial charge in [-0.25, -0.2) is 0 Å². The molecule has 0 saturated carbocycles. The maximum Gasteiger partial charge on any atom is 0.248 e. The molecule has 92 valence electrons. The summed E-state index contributed by atoms with van der Waals surface area (Å²) in [4.78, 5) is 13.9. The molecule has 1 aliphatic rings. The molecule has 2 rings (SSSR count). The molecule has 17 heavy (non-hydrogen) atoms. The molecule has 1 aromatic carbocycles. The van der Waals surface area contributed by atoms with Crippen LogP contribution in [0.25, 0.3) is 0 Å². The van der Waals surface area contributed by atoms with Crippen molar-refractivity contribution in [1.82, 2.24) is 5.32 Å². The molecular formula is C14H20N2O. The number of benzene rings is 1. The predicted molar refractivity (Wildman–Crippen MR) is 70.3 cm³/mol. The van der Waals surface area contributed by atoms with E-state index in [-0.39, 0.29) is 11.9 Å². The van der Waals surface area contributed by atoms with Crippen LogP contribution < -0.4 is 10.2 Å². The summed E-state index contributed by atoms with van der Waals surface area (Å²) >= 11 is 0. The van der Waals surface area contributed by atoms with Gasteiger partial charge in [-0.3, -0.25) is 4.79 Å². The van der Waals surface area contributed by atoms with Gasteiger partial charge < -0.3 is 10.2 Å². The van der Waals surface area contributed by atoms with Crippen molar-refractivity contribution in [1.29, 1.82) is 0 Å². The average Bonchev–Trinajstić information content (AvgIpc) is 2.59. The van der Waals surface area contributed by atoms with E-state index in [1.165, 1.54) is 5.56 Å². The second-order valence-corrected chi connectivity index (χ2v) is 4.53. The molecule has 1 unspecified atom stereocenters. The Labute approximate surface area is 103 Å². The van der Waals surface area contributed by atoms with Gasteiger partial charge in [0, 0.05) is 18.3 Å². The van der Waals surface area contributed by atoms with Crippen molar-refractivity contribution in [3.05, 3.63) is 29.3 Å². The lowest BCUT2D eigenvalue weighted by Gasteiger charge is -2.12. The number of hydrogen-bond acceptors (Lipinski definition) is 2. The van der Waals surface area contributed by atoms with Gasteiger partial charge in [0.15, 0.2) is 0 Å². The molecule has 3 heteroatoms. The number of carbonyl (C=O) groups excluding carboxylic acids is 1. The molecule has 0 bridgehead atoms. The van der Waals surface area contributed by atoms with Gasteiger partial charge in [-0.1, -0.05) is 26.0 Å². The Balaban J connectivity index is 2.35. The smallest absolute Gasteiger partial charge is 0.248 e. The molecule has 0 aromatic heterocycles. The van der Waals surface area contributed by atoms with Crippen LogP contribution in [0.4, 0.5) is 5.69 Å². The summed E-state index contributed by atoms with van der Waals surface area (Å²) in [6, 6.07) is 6.16. The van der Waals surface area contributed by atoms with Gasteiger partial charge in [0.25, 0.3) is 0 Å². The minimum atomic E-state index is -0.151. The average molecular weight is 232 g/mol. The Bertz CT molecular complexity index is 428. The number of nitrogens with zero attached hydrogens (tertiary/aromatic N) is 1. The summed E-state index contributed by atoms with van der Waals surface area (Å²) in [5.41, 5.74) is 3.46. The first-order valence-corrected chi connectivity index (χ1v) is 6.32. The van der Waals surface area contributed by atoms with Gasteiger partial charge in [-0.2, -0.15) is 0 Å². The van der Waals surface area contributed by atoms with Crippen molar-refractivity contribution in [2.45, 2.75) is 32.7 Å². The van der Waals surface area contributed by atoms with Gasteiger partial charge in [-0.15, -0.1) is 0 Å². The van der Waals surface area contributed by atoms with Crippen molar-refractivity contribution >= 4 is 11.6 Å². The van der Waals surface area contributed by atoms with Gasteiger partial charge in [-0.05, 0) is 31.0 Å². The van der Waals surface area contributed by atoms with Crippen molar-refractivity contribution in [2.75, 3.05) is 18.5 Å². The Morgan fingerprint density at radius 1 is 1.35 bits per heavy atom. The molecule has 1 atom stereocenters. The molecule has 1 amide bonds. The summed E-state index contributed by atoms with van der Waals surface area (Å²) in [6.45, 7) is 5.12. The fourth-order valence-electron chi connectivity index (χ4n) is 2.29. The van der Waals surface area contributed by atoms with Crippen molar-refractivity contribution < 1.29 is 4.79 Å². The number of rotatable bonds is 4. The topological polar surface area (TPSA) is 32.3 Å². The van der Waals surface area contributed by atoms with Gasteiger partial charge in [0.2, 0.25) is 5.91 Å². The molecule has 1 aromatic rings. The van der Waals surface area contributed by atoms with Crippen LogP contribution in [0.3, 0.4) is 0 Å². The van der Waals surface area contributed by atoms with Crippen LogP contribution >= 0.6 is 0 Å². The van der Waals surface area contributed by atoms with Crippen molar-refractivity contribution in [3.63, 3.8) is 0 Å². The van der Waals surface area contributed by atoms with E-state index in [9.17, 15) is 4.79 Å². The molecule has 0 fully saturated rings. The second-order valence-electron chi connectivity index (χ2n) is 4.53. The number of fused-ring (bicyclic) bond motifs is 1. The van der Waals surface area contributed by atoms with Crippen LogP contribution in [0, 0.1) is 0 Å². The van der Waals surface area contributed by atoms with E-state index in [4.69, 9.17) is 0 Å². The van der Waals surface area contributed by atoms with Crippen molar-refractivity contribution in [2.24, 2.45) is 0 Å². The molecule has 0 spiro atoms. The SMILES string of the molecule is CCCNC1C(=O)N(C)c2ccc(CC)cc21. The third-order valence-corrected chi connectivity index (χ3v) is 3.35. The minimum Gasteiger partial charge on any atom is -0.313 e. The van der Waals surface area contributed by atoms with E-state index in [2.05, 4.69) is 37.4 Å². The standard InChI is InChI=1S/C14H20N2O/c1-4-8-15-13-11-9-10(5-2)6-7-12(11)16(3)14(13)17/h6-7,9,13,15H,4-5,8H2,1-3H3. The number of hydrogen-bond donors (Lipinski definition) is 1. The molecular weight excluding hydrogens is 212 g/mol. The Morgan fingerprint density at radius 2 is 2.12 bits per heavy atom. The van der Waals surface area contributed by atoms with E-state index < -0.39 is 0 Å². The number of carbonyl (C=O) groups is 1. The highest BCUT2D eigenvalue weighted by Crippen LogP contribution is 2.35. The first kappa shape index (κ1) is 12.1. The summed E-state index contributed by atoms with van der Waals surface area (Å²) in [7, 11) is 1.85. The van der Waals surface area contributed by atoms with E-state index in [0.717, 1.165) is 30.6 Å². The van der Waals surface area contributed by atoms with Crippen LogP contribution in [0.15, 0.2) is 18.2 Å². The zero-order chi connectivity index (χ0) is 12.4. The van der Waals surface area contributed by atoms with Crippen LogP contribution in [-0.2, 0) is 11.2 Å². The van der Waals surface area contributed by atoms with Crippen LogP contribution in [0.2, 0.25) is 0 Å². The van der Waals surface area contributed by atoms with E-state index in [1.54, 1.807) is 4.90 Å². The lowest BCUT2D eigenvalue weighted by Crippen LogP contribution is -2.32. The number of nitrogens with one attached hydrogen (secondary N) is 1. The summed E-state index contributed by atoms with van der Waals surface area (Å²) in [5.74, 6) is 0.154. The van der Waals surface area contributed by atoms with Gasteiger partial charge >= 0.3 is 0 Å². The molecule has 1 N–H and O–H groups in total. The first-order valence-electron chi connectivity index (χ1n) is 6.32. The normalized spacial score (nSPS) is 18.6. The number of likely N-dealkylation sites (N-methyl/N-ethyl adjacent to an activating group) is 1. The Hall–Kier alpha value is -1.35. The van der Waals surface area contributed by atoms with Gasteiger partial charge in [0.1, 0.15) is 6.04 Å². The van der Waals surface area contributed by atoms with Gasteiger partial charge in [0.05, 0.1) is 0 Å². The maximum absolute atomic E-state index is 12.1. The predicted octanol–water partition coefficient (Wildman–Crippen LogP) is 2.27. The van der Waals surface area contributed by atoms with Crippen LogP contribution in [-0.4, -0.2) is 19.5 Å². The van der Waals surface area contributed by atoms with Crippen LogP contribution in [0.1, 0.15) is 37.4 Å². The zero-order valence-electron chi connectivity index (χ0n) is 10.8. The van der Waals surface area contributed by atoms with E-state index in [0.29, 0.717) is 0 Å². The molecule has 1 aliphatic heterocycles.